The fraction of sp³-hybridized carbons (Fsp3) is 0.105. The number of ether oxygens (including phenoxy) is 2. The van der Waals surface area contributed by atoms with Gasteiger partial charge in [-0.1, -0.05) is 18.2 Å². The molecule has 0 fully saturated rings. The number of hydrogen-bond donors (Lipinski definition) is 0. The van der Waals surface area contributed by atoms with Crippen molar-refractivity contribution in [2.45, 2.75) is 0 Å². The van der Waals surface area contributed by atoms with Crippen molar-refractivity contribution in [2.75, 3.05) is 14.2 Å². The average molecular weight is 292 g/mol. The normalized spacial score (nSPS) is 10.5. The first-order valence-electron chi connectivity index (χ1n) is 6.98. The Balaban J connectivity index is 1.98. The first kappa shape index (κ1) is 14.1. The Labute approximate surface area is 129 Å². The molecule has 0 aliphatic rings. The minimum absolute atomic E-state index is 0.00706. The van der Waals surface area contributed by atoms with Crippen LogP contribution in [0, 0.1) is 0 Å². The van der Waals surface area contributed by atoms with E-state index in [0.29, 0.717) is 11.1 Å². The van der Waals surface area contributed by atoms with Crippen LogP contribution in [0.3, 0.4) is 0 Å². The molecular formula is C19H16O3. The third-order valence-electron chi connectivity index (χ3n) is 3.66. The molecule has 0 heterocycles. The molecule has 3 aromatic carbocycles. The largest absolute Gasteiger partial charge is 0.497 e. The summed E-state index contributed by atoms with van der Waals surface area (Å²) in [7, 11) is 3.24. The topological polar surface area (TPSA) is 35.5 Å². The van der Waals surface area contributed by atoms with E-state index in [-0.39, 0.29) is 5.78 Å². The number of hydrogen-bond acceptors (Lipinski definition) is 3. The Hall–Kier alpha value is -2.81. The maximum atomic E-state index is 12.6. The quantitative estimate of drug-likeness (QED) is 0.679. The number of carbonyl (C=O) groups excluding carboxylic acids is 1. The second kappa shape index (κ2) is 5.90. The van der Waals surface area contributed by atoms with Gasteiger partial charge >= 0.3 is 0 Å². The minimum Gasteiger partial charge on any atom is -0.497 e. The van der Waals surface area contributed by atoms with Gasteiger partial charge in [-0.05, 0) is 53.2 Å². The Kier molecular flexibility index (Phi) is 3.79. The Bertz CT molecular complexity index is 820. The third-order valence-corrected chi connectivity index (χ3v) is 3.66. The van der Waals surface area contributed by atoms with Crippen LogP contribution in [0.1, 0.15) is 15.9 Å². The summed E-state index contributed by atoms with van der Waals surface area (Å²) in [5.41, 5.74) is 1.30. The predicted octanol–water partition coefficient (Wildman–Crippen LogP) is 4.09. The van der Waals surface area contributed by atoms with E-state index in [1.807, 2.05) is 36.4 Å². The van der Waals surface area contributed by atoms with E-state index in [2.05, 4.69) is 0 Å². The SMILES string of the molecule is COc1ccc(C(=O)c2ccc3ccc(OC)cc3c2)cc1. The van der Waals surface area contributed by atoms with Crippen molar-refractivity contribution in [2.24, 2.45) is 0 Å². The molecule has 0 spiro atoms. The second-order valence-corrected chi connectivity index (χ2v) is 4.99. The number of rotatable bonds is 4. The van der Waals surface area contributed by atoms with E-state index >= 15 is 0 Å². The van der Waals surface area contributed by atoms with Gasteiger partial charge < -0.3 is 9.47 Å². The molecule has 0 N–H and O–H groups in total. The van der Waals surface area contributed by atoms with Gasteiger partial charge in [-0.25, -0.2) is 0 Å². The standard InChI is InChI=1S/C19H16O3/c1-21-17-8-6-14(7-9-17)19(20)15-4-3-13-5-10-18(22-2)12-16(13)11-15/h3-12H,1-2H3. The summed E-state index contributed by atoms with van der Waals surface area (Å²) in [5, 5.41) is 2.06. The van der Waals surface area contributed by atoms with Crippen molar-refractivity contribution in [1.82, 2.24) is 0 Å². The zero-order valence-electron chi connectivity index (χ0n) is 12.5. The zero-order chi connectivity index (χ0) is 15.5. The highest BCUT2D eigenvalue weighted by molar-refractivity contribution is 6.10. The molecule has 3 aromatic rings. The molecule has 0 radical (unpaired) electrons. The van der Waals surface area contributed by atoms with Gasteiger partial charge in [0.25, 0.3) is 0 Å². The summed E-state index contributed by atoms with van der Waals surface area (Å²) in [4.78, 5) is 12.6. The van der Waals surface area contributed by atoms with E-state index in [1.54, 1.807) is 38.5 Å². The van der Waals surface area contributed by atoms with E-state index in [1.165, 1.54) is 0 Å². The lowest BCUT2D eigenvalue weighted by Crippen LogP contribution is -2.01. The third kappa shape index (κ3) is 2.66. The average Bonchev–Trinajstić information content (AvgIpc) is 2.60. The smallest absolute Gasteiger partial charge is 0.193 e. The highest BCUT2D eigenvalue weighted by Gasteiger charge is 2.10. The van der Waals surface area contributed by atoms with Crippen molar-refractivity contribution in [3.8, 4) is 11.5 Å². The summed E-state index contributed by atoms with van der Waals surface area (Å²) in [6.07, 6.45) is 0. The summed E-state index contributed by atoms with van der Waals surface area (Å²) in [5.74, 6) is 1.51. The van der Waals surface area contributed by atoms with Gasteiger partial charge in [0, 0.05) is 11.1 Å². The lowest BCUT2D eigenvalue weighted by molar-refractivity contribution is 0.103. The van der Waals surface area contributed by atoms with E-state index in [4.69, 9.17) is 9.47 Å². The van der Waals surface area contributed by atoms with E-state index in [0.717, 1.165) is 22.3 Å². The van der Waals surface area contributed by atoms with Gasteiger partial charge in [-0.2, -0.15) is 0 Å². The van der Waals surface area contributed by atoms with Gasteiger partial charge in [0.15, 0.2) is 5.78 Å². The monoisotopic (exact) mass is 292 g/mol. The number of benzene rings is 3. The zero-order valence-corrected chi connectivity index (χ0v) is 12.5. The predicted molar refractivity (Wildman–Crippen MR) is 86.9 cm³/mol. The lowest BCUT2D eigenvalue weighted by atomic mass is 10.00. The molecule has 0 atom stereocenters. The van der Waals surface area contributed by atoms with E-state index < -0.39 is 0 Å². The highest BCUT2D eigenvalue weighted by Crippen LogP contribution is 2.23. The van der Waals surface area contributed by atoms with Crippen molar-refractivity contribution in [3.63, 3.8) is 0 Å². The van der Waals surface area contributed by atoms with Crippen LogP contribution >= 0.6 is 0 Å². The molecule has 0 saturated heterocycles. The Morgan fingerprint density at radius 2 is 1.27 bits per heavy atom. The van der Waals surface area contributed by atoms with Crippen LogP contribution in [0.25, 0.3) is 10.8 Å². The van der Waals surface area contributed by atoms with Gasteiger partial charge in [-0.15, -0.1) is 0 Å². The van der Waals surface area contributed by atoms with Crippen molar-refractivity contribution in [3.05, 3.63) is 71.8 Å². The molecule has 3 heteroatoms. The summed E-state index contributed by atoms with van der Waals surface area (Å²) >= 11 is 0. The fourth-order valence-electron chi connectivity index (χ4n) is 2.40. The first-order chi connectivity index (χ1) is 10.7. The summed E-state index contributed by atoms with van der Waals surface area (Å²) in [6, 6.07) is 18.6. The molecule has 0 saturated carbocycles. The maximum Gasteiger partial charge on any atom is 0.193 e. The van der Waals surface area contributed by atoms with Crippen molar-refractivity contribution < 1.29 is 14.3 Å². The Morgan fingerprint density at radius 1 is 0.682 bits per heavy atom. The molecule has 0 amide bonds. The summed E-state index contributed by atoms with van der Waals surface area (Å²) < 4.78 is 10.3. The Morgan fingerprint density at radius 3 is 1.95 bits per heavy atom. The van der Waals surface area contributed by atoms with Gasteiger partial charge in [0.2, 0.25) is 0 Å². The highest BCUT2D eigenvalue weighted by atomic mass is 16.5. The summed E-state index contributed by atoms with van der Waals surface area (Å²) in [6.45, 7) is 0. The molecular weight excluding hydrogens is 276 g/mol. The van der Waals surface area contributed by atoms with Crippen LogP contribution in [0.5, 0.6) is 11.5 Å². The molecule has 110 valence electrons. The molecule has 0 unspecified atom stereocenters. The molecule has 0 aliphatic carbocycles. The van der Waals surface area contributed by atoms with Crippen LogP contribution in [-0.4, -0.2) is 20.0 Å². The number of methoxy groups -OCH3 is 2. The van der Waals surface area contributed by atoms with Crippen molar-refractivity contribution >= 4 is 16.6 Å². The van der Waals surface area contributed by atoms with Crippen LogP contribution in [0.15, 0.2) is 60.7 Å². The minimum atomic E-state index is -0.00706. The first-order valence-corrected chi connectivity index (χ1v) is 6.98. The van der Waals surface area contributed by atoms with Crippen LogP contribution in [0.2, 0.25) is 0 Å². The molecule has 22 heavy (non-hydrogen) atoms. The lowest BCUT2D eigenvalue weighted by Gasteiger charge is -2.06. The van der Waals surface area contributed by atoms with Gasteiger partial charge in [0.05, 0.1) is 14.2 Å². The van der Waals surface area contributed by atoms with Crippen LogP contribution in [0.4, 0.5) is 0 Å². The number of carbonyl (C=O) groups is 1. The molecule has 0 bridgehead atoms. The maximum absolute atomic E-state index is 12.6. The fourth-order valence-corrected chi connectivity index (χ4v) is 2.40. The van der Waals surface area contributed by atoms with Crippen LogP contribution in [-0.2, 0) is 0 Å². The van der Waals surface area contributed by atoms with E-state index in [9.17, 15) is 4.79 Å². The van der Waals surface area contributed by atoms with Gasteiger partial charge in [-0.3, -0.25) is 4.79 Å². The second-order valence-electron chi connectivity index (χ2n) is 4.99. The molecule has 3 rings (SSSR count). The van der Waals surface area contributed by atoms with Crippen molar-refractivity contribution in [1.29, 1.82) is 0 Å². The number of fused-ring (bicyclic) bond motifs is 1. The molecule has 3 nitrogen and oxygen atoms in total. The number of ketones is 1. The molecule has 0 aliphatic heterocycles. The van der Waals surface area contributed by atoms with Gasteiger partial charge in [0.1, 0.15) is 11.5 Å². The van der Waals surface area contributed by atoms with Crippen LogP contribution < -0.4 is 9.47 Å². The molecule has 0 aromatic heterocycles.